The Morgan fingerprint density at radius 3 is 2.80 bits per heavy atom. The largest absolute Gasteiger partial charge is 0.444 e. The molecule has 2 aromatic rings. The van der Waals surface area contributed by atoms with Crippen LogP contribution in [-0.4, -0.2) is 39.1 Å². The van der Waals surface area contributed by atoms with Crippen molar-refractivity contribution in [1.82, 2.24) is 14.3 Å². The molecule has 1 fully saturated rings. The molecule has 3 heterocycles. The van der Waals surface area contributed by atoms with Gasteiger partial charge >= 0.3 is 6.09 Å². The van der Waals surface area contributed by atoms with Gasteiger partial charge in [0.15, 0.2) is 0 Å². The van der Waals surface area contributed by atoms with Crippen LogP contribution >= 0.6 is 0 Å². The van der Waals surface area contributed by atoms with Crippen LogP contribution in [0.4, 0.5) is 4.79 Å². The van der Waals surface area contributed by atoms with Crippen LogP contribution in [0.3, 0.4) is 0 Å². The lowest BCUT2D eigenvalue weighted by Crippen LogP contribution is -2.50. The molecule has 1 amide bonds. The fourth-order valence-corrected chi connectivity index (χ4v) is 2.34. The van der Waals surface area contributed by atoms with Crippen molar-refractivity contribution in [2.75, 3.05) is 13.1 Å². The SMILES string of the molecule is CC(C)(C)OC(=O)N1CC(c2ccn3ccnc3c2)C1. The van der Waals surface area contributed by atoms with Gasteiger partial charge in [-0.25, -0.2) is 9.78 Å². The average molecular weight is 273 g/mol. The first-order valence-corrected chi connectivity index (χ1v) is 6.83. The third kappa shape index (κ3) is 2.48. The number of carbonyl (C=O) groups is 1. The van der Waals surface area contributed by atoms with Gasteiger partial charge in [0, 0.05) is 37.6 Å². The second-order valence-electron chi connectivity index (χ2n) is 6.24. The highest BCUT2D eigenvalue weighted by Crippen LogP contribution is 2.28. The van der Waals surface area contributed by atoms with E-state index in [2.05, 4.69) is 17.1 Å². The fourth-order valence-electron chi connectivity index (χ4n) is 2.34. The Morgan fingerprint density at radius 1 is 1.35 bits per heavy atom. The molecule has 0 unspecified atom stereocenters. The third-order valence-electron chi connectivity index (χ3n) is 3.43. The van der Waals surface area contributed by atoms with E-state index in [1.54, 1.807) is 11.1 Å². The fraction of sp³-hybridized carbons (Fsp3) is 0.467. The Morgan fingerprint density at radius 2 is 2.10 bits per heavy atom. The maximum atomic E-state index is 11.9. The summed E-state index contributed by atoms with van der Waals surface area (Å²) in [6, 6.07) is 4.17. The number of aromatic nitrogens is 2. The predicted octanol–water partition coefficient (Wildman–Crippen LogP) is 2.67. The normalized spacial score (nSPS) is 16.2. The highest BCUT2D eigenvalue weighted by molar-refractivity contribution is 5.69. The number of imidazole rings is 1. The summed E-state index contributed by atoms with van der Waals surface area (Å²) in [4.78, 5) is 17.9. The Bertz CT molecular complexity index is 636. The van der Waals surface area contributed by atoms with Crippen molar-refractivity contribution < 1.29 is 9.53 Å². The molecule has 0 saturated carbocycles. The monoisotopic (exact) mass is 273 g/mol. The number of fused-ring (bicyclic) bond motifs is 1. The molecule has 0 aromatic carbocycles. The van der Waals surface area contributed by atoms with Crippen molar-refractivity contribution in [2.24, 2.45) is 0 Å². The smallest absolute Gasteiger partial charge is 0.410 e. The first kappa shape index (κ1) is 13.0. The summed E-state index contributed by atoms with van der Waals surface area (Å²) in [5.74, 6) is 0.379. The molecule has 20 heavy (non-hydrogen) atoms. The van der Waals surface area contributed by atoms with Crippen molar-refractivity contribution in [3.63, 3.8) is 0 Å². The van der Waals surface area contributed by atoms with Crippen LogP contribution in [0.2, 0.25) is 0 Å². The van der Waals surface area contributed by atoms with Crippen LogP contribution in [0.5, 0.6) is 0 Å². The minimum absolute atomic E-state index is 0.226. The number of ether oxygens (including phenoxy) is 1. The minimum atomic E-state index is -0.434. The van der Waals surface area contributed by atoms with E-state index in [9.17, 15) is 4.79 Å². The lowest BCUT2D eigenvalue weighted by atomic mass is 9.92. The summed E-state index contributed by atoms with van der Waals surface area (Å²) in [6.07, 6.45) is 5.49. The van der Waals surface area contributed by atoms with Gasteiger partial charge in [-0.05, 0) is 38.5 Å². The van der Waals surface area contributed by atoms with Crippen molar-refractivity contribution in [2.45, 2.75) is 32.3 Å². The number of hydrogen-bond acceptors (Lipinski definition) is 3. The van der Waals surface area contributed by atoms with Gasteiger partial charge in [-0.15, -0.1) is 0 Å². The van der Waals surface area contributed by atoms with Crippen LogP contribution in [0.15, 0.2) is 30.7 Å². The molecular weight excluding hydrogens is 254 g/mol. The number of rotatable bonds is 1. The molecule has 106 valence electrons. The highest BCUT2D eigenvalue weighted by atomic mass is 16.6. The second-order valence-corrected chi connectivity index (χ2v) is 6.24. The maximum absolute atomic E-state index is 11.9. The van der Waals surface area contributed by atoms with Crippen LogP contribution < -0.4 is 0 Å². The summed E-state index contributed by atoms with van der Waals surface area (Å²) >= 11 is 0. The zero-order chi connectivity index (χ0) is 14.3. The Balaban J connectivity index is 1.63. The van der Waals surface area contributed by atoms with E-state index in [0.29, 0.717) is 19.0 Å². The molecule has 0 N–H and O–H groups in total. The Kier molecular flexibility index (Phi) is 2.92. The molecule has 1 aliphatic rings. The van der Waals surface area contributed by atoms with E-state index in [-0.39, 0.29) is 6.09 Å². The van der Waals surface area contributed by atoms with E-state index in [4.69, 9.17) is 4.74 Å². The van der Waals surface area contributed by atoms with E-state index in [1.807, 2.05) is 37.6 Å². The van der Waals surface area contributed by atoms with E-state index in [0.717, 1.165) is 5.65 Å². The molecule has 1 aliphatic heterocycles. The first-order chi connectivity index (χ1) is 9.42. The van der Waals surface area contributed by atoms with Crippen LogP contribution in [0.25, 0.3) is 5.65 Å². The molecule has 0 bridgehead atoms. The molecule has 0 aliphatic carbocycles. The zero-order valence-corrected chi connectivity index (χ0v) is 12.0. The maximum Gasteiger partial charge on any atom is 0.410 e. The number of nitrogens with zero attached hydrogens (tertiary/aromatic N) is 3. The topological polar surface area (TPSA) is 46.8 Å². The number of amides is 1. The molecule has 5 nitrogen and oxygen atoms in total. The number of likely N-dealkylation sites (tertiary alicyclic amines) is 1. The molecule has 1 saturated heterocycles. The van der Waals surface area contributed by atoms with Gasteiger partial charge in [-0.3, -0.25) is 0 Å². The number of carbonyl (C=O) groups excluding carboxylic acids is 1. The van der Waals surface area contributed by atoms with Gasteiger partial charge in [0.2, 0.25) is 0 Å². The molecule has 3 rings (SSSR count). The second kappa shape index (κ2) is 4.51. The van der Waals surface area contributed by atoms with Crippen LogP contribution in [-0.2, 0) is 4.74 Å². The zero-order valence-electron chi connectivity index (χ0n) is 12.0. The Labute approximate surface area is 118 Å². The van der Waals surface area contributed by atoms with E-state index < -0.39 is 5.60 Å². The van der Waals surface area contributed by atoms with E-state index in [1.165, 1.54) is 5.56 Å². The lowest BCUT2D eigenvalue weighted by Gasteiger charge is -2.40. The average Bonchev–Trinajstić information content (AvgIpc) is 2.71. The van der Waals surface area contributed by atoms with Gasteiger partial charge in [-0.1, -0.05) is 0 Å². The predicted molar refractivity (Wildman–Crippen MR) is 75.7 cm³/mol. The Hall–Kier alpha value is -2.04. The highest BCUT2D eigenvalue weighted by Gasteiger charge is 2.34. The van der Waals surface area contributed by atoms with Gasteiger partial charge < -0.3 is 14.0 Å². The number of hydrogen-bond donors (Lipinski definition) is 0. The van der Waals surface area contributed by atoms with Crippen molar-refractivity contribution in [1.29, 1.82) is 0 Å². The van der Waals surface area contributed by atoms with Gasteiger partial charge in [0.25, 0.3) is 0 Å². The summed E-state index contributed by atoms with van der Waals surface area (Å²) < 4.78 is 7.33. The van der Waals surface area contributed by atoms with Crippen LogP contribution in [0.1, 0.15) is 32.3 Å². The molecule has 0 atom stereocenters. The molecular formula is C15H19N3O2. The summed E-state index contributed by atoms with van der Waals surface area (Å²) in [6.45, 7) is 7.08. The summed E-state index contributed by atoms with van der Waals surface area (Å²) in [5, 5.41) is 0. The first-order valence-electron chi connectivity index (χ1n) is 6.83. The third-order valence-corrected chi connectivity index (χ3v) is 3.43. The van der Waals surface area contributed by atoms with Gasteiger partial charge in [0.1, 0.15) is 11.2 Å². The van der Waals surface area contributed by atoms with Crippen molar-refractivity contribution >= 4 is 11.7 Å². The number of pyridine rings is 1. The lowest BCUT2D eigenvalue weighted by molar-refractivity contribution is 0.00820. The molecule has 0 radical (unpaired) electrons. The molecule has 2 aromatic heterocycles. The molecule has 5 heteroatoms. The van der Waals surface area contributed by atoms with Crippen molar-refractivity contribution in [3.8, 4) is 0 Å². The quantitative estimate of drug-likeness (QED) is 0.802. The van der Waals surface area contributed by atoms with Gasteiger partial charge in [-0.2, -0.15) is 0 Å². The summed E-state index contributed by atoms with van der Waals surface area (Å²) in [5.41, 5.74) is 1.73. The van der Waals surface area contributed by atoms with Gasteiger partial charge in [0.05, 0.1) is 0 Å². The summed E-state index contributed by atoms with van der Waals surface area (Å²) in [7, 11) is 0. The van der Waals surface area contributed by atoms with Crippen molar-refractivity contribution in [3.05, 3.63) is 36.3 Å². The minimum Gasteiger partial charge on any atom is -0.444 e. The standard InChI is InChI=1S/C15H19N3O2/c1-15(2,3)20-14(19)18-9-12(10-18)11-4-6-17-7-5-16-13(17)8-11/h4-8,12H,9-10H2,1-3H3. The molecule has 0 spiro atoms. The van der Waals surface area contributed by atoms with E-state index >= 15 is 0 Å². The van der Waals surface area contributed by atoms with Crippen LogP contribution in [0, 0.1) is 0 Å².